The second kappa shape index (κ2) is 4.81. The number of methoxy groups -OCH3 is 1. The number of hydrogen-bond donors (Lipinski definition) is 0. The Bertz CT molecular complexity index is 583. The average Bonchev–Trinajstić information content (AvgIpc) is 2.25. The molecule has 17 heavy (non-hydrogen) atoms. The van der Waals surface area contributed by atoms with Crippen LogP contribution in [0.4, 0.5) is 8.78 Å². The molecule has 0 bridgehead atoms. The van der Waals surface area contributed by atoms with Crippen LogP contribution < -0.4 is 4.74 Å². The SMILES string of the molecule is COc1cc(C(F)F)c(C#N)c(S(=O)(=O)Cl)n1. The molecule has 0 saturated heterocycles. The summed E-state index contributed by atoms with van der Waals surface area (Å²) in [5.41, 5.74) is -1.57. The van der Waals surface area contributed by atoms with Crippen LogP contribution in [0.3, 0.4) is 0 Å². The van der Waals surface area contributed by atoms with E-state index in [4.69, 9.17) is 15.9 Å². The van der Waals surface area contributed by atoms with Crippen LogP contribution in [-0.4, -0.2) is 20.5 Å². The Balaban J connectivity index is 3.71. The largest absolute Gasteiger partial charge is 0.481 e. The van der Waals surface area contributed by atoms with E-state index in [1.165, 1.54) is 6.07 Å². The number of hydrogen-bond acceptors (Lipinski definition) is 5. The lowest BCUT2D eigenvalue weighted by Gasteiger charge is -2.08. The van der Waals surface area contributed by atoms with E-state index in [-0.39, 0.29) is 5.88 Å². The average molecular weight is 283 g/mol. The lowest BCUT2D eigenvalue weighted by molar-refractivity contribution is 0.150. The van der Waals surface area contributed by atoms with Crippen molar-refractivity contribution in [2.75, 3.05) is 7.11 Å². The minimum Gasteiger partial charge on any atom is -0.481 e. The van der Waals surface area contributed by atoms with Crippen molar-refractivity contribution in [2.24, 2.45) is 0 Å². The number of rotatable bonds is 3. The quantitative estimate of drug-likeness (QED) is 0.790. The highest BCUT2D eigenvalue weighted by Crippen LogP contribution is 2.30. The monoisotopic (exact) mass is 282 g/mol. The second-order valence-corrected chi connectivity index (χ2v) is 5.27. The fourth-order valence-corrected chi connectivity index (χ4v) is 2.02. The number of alkyl halides is 2. The first-order chi connectivity index (χ1) is 7.81. The van der Waals surface area contributed by atoms with E-state index in [0.717, 1.165) is 13.2 Å². The smallest absolute Gasteiger partial charge is 0.280 e. The maximum absolute atomic E-state index is 12.6. The topological polar surface area (TPSA) is 80.0 Å². The first-order valence-corrected chi connectivity index (χ1v) is 6.34. The van der Waals surface area contributed by atoms with Crippen LogP contribution in [0.1, 0.15) is 17.6 Å². The predicted octanol–water partition coefficient (Wildman–Crippen LogP) is 1.83. The standard InChI is InChI=1S/C8H5ClF2N2O3S/c1-16-6-2-4(7(10)11)5(3-12)8(13-6)17(9,14)15/h2,7H,1H3. The molecule has 0 aromatic carbocycles. The summed E-state index contributed by atoms with van der Waals surface area (Å²) >= 11 is 0. The van der Waals surface area contributed by atoms with E-state index in [1.54, 1.807) is 0 Å². The molecule has 1 aromatic heterocycles. The molecule has 9 heteroatoms. The molecule has 0 atom stereocenters. The van der Waals surface area contributed by atoms with Crippen LogP contribution in [0.15, 0.2) is 11.1 Å². The van der Waals surface area contributed by atoms with Crippen molar-refractivity contribution in [2.45, 2.75) is 11.5 Å². The molecular formula is C8H5ClF2N2O3S. The number of ether oxygens (including phenoxy) is 1. The zero-order valence-corrected chi connectivity index (χ0v) is 9.89. The van der Waals surface area contributed by atoms with Crippen molar-refractivity contribution in [3.8, 4) is 11.9 Å². The molecule has 0 spiro atoms. The van der Waals surface area contributed by atoms with Gasteiger partial charge in [0.15, 0.2) is 5.03 Å². The predicted molar refractivity (Wildman–Crippen MR) is 53.5 cm³/mol. The van der Waals surface area contributed by atoms with Gasteiger partial charge in [-0.2, -0.15) is 10.2 Å². The number of nitrogens with zero attached hydrogens (tertiary/aromatic N) is 2. The highest BCUT2D eigenvalue weighted by atomic mass is 35.7. The molecule has 0 unspecified atom stereocenters. The Kier molecular flexibility index (Phi) is 3.85. The summed E-state index contributed by atoms with van der Waals surface area (Å²) in [7, 11) is 1.72. The second-order valence-electron chi connectivity index (χ2n) is 2.78. The third-order valence-corrected chi connectivity index (χ3v) is 2.98. The molecule has 0 aliphatic rings. The first kappa shape index (κ1) is 13.6. The Labute approximate surface area is 100 Å². The summed E-state index contributed by atoms with van der Waals surface area (Å²) in [5.74, 6) is -0.362. The van der Waals surface area contributed by atoms with Gasteiger partial charge in [0, 0.05) is 22.3 Å². The van der Waals surface area contributed by atoms with Crippen LogP contribution in [0.25, 0.3) is 0 Å². The van der Waals surface area contributed by atoms with Gasteiger partial charge in [-0.25, -0.2) is 17.2 Å². The van der Waals surface area contributed by atoms with E-state index in [9.17, 15) is 17.2 Å². The molecule has 92 valence electrons. The maximum Gasteiger partial charge on any atom is 0.280 e. The molecule has 0 amide bonds. The summed E-state index contributed by atoms with van der Waals surface area (Å²) in [6, 6.07) is 2.13. The molecule has 1 aromatic rings. The van der Waals surface area contributed by atoms with Gasteiger partial charge in [0.25, 0.3) is 15.5 Å². The fourth-order valence-electron chi connectivity index (χ4n) is 1.08. The number of nitriles is 1. The summed E-state index contributed by atoms with van der Waals surface area (Å²) in [6.07, 6.45) is -3.04. The molecular weight excluding hydrogens is 278 g/mol. The van der Waals surface area contributed by atoms with Gasteiger partial charge in [0.05, 0.1) is 12.7 Å². The maximum atomic E-state index is 12.6. The highest BCUT2D eigenvalue weighted by Gasteiger charge is 2.26. The van der Waals surface area contributed by atoms with Gasteiger partial charge < -0.3 is 4.74 Å². The molecule has 1 heterocycles. The minimum absolute atomic E-state index is 0.362. The Hall–Kier alpha value is -1.46. The zero-order valence-electron chi connectivity index (χ0n) is 8.32. The molecule has 0 saturated carbocycles. The van der Waals surface area contributed by atoms with E-state index < -0.39 is 31.6 Å². The van der Waals surface area contributed by atoms with Crippen molar-refractivity contribution in [1.82, 2.24) is 4.98 Å². The van der Waals surface area contributed by atoms with Gasteiger partial charge in [-0.15, -0.1) is 0 Å². The van der Waals surface area contributed by atoms with Gasteiger partial charge in [0.2, 0.25) is 5.88 Å². The Morgan fingerprint density at radius 2 is 2.18 bits per heavy atom. The zero-order chi connectivity index (χ0) is 13.2. The third kappa shape index (κ3) is 2.81. The molecule has 0 N–H and O–H groups in total. The van der Waals surface area contributed by atoms with Gasteiger partial charge in [0.1, 0.15) is 6.07 Å². The summed E-state index contributed by atoms with van der Waals surface area (Å²) < 4.78 is 52.0. The Morgan fingerprint density at radius 1 is 1.59 bits per heavy atom. The Morgan fingerprint density at radius 3 is 2.53 bits per heavy atom. The van der Waals surface area contributed by atoms with E-state index >= 15 is 0 Å². The third-order valence-electron chi connectivity index (χ3n) is 1.78. The van der Waals surface area contributed by atoms with Crippen molar-refractivity contribution >= 4 is 19.7 Å². The van der Waals surface area contributed by atoms with Gasteiger partial charge in [-0.3, -0.25) is 0 Å². The lowest BCUT2D eigenvalue weighted by Crippen LogP contribution is -2.05. The fraction of sp³-hybridized carbons (Fsp3) is 0.250. The van der Waals surface area contributed by atoms with Crippen molar-refractivity contribution in [1.29, 1.82) is 5.26 Å². The molecule has 0 radical (unpaired) electrons. The van der Waals surface area contributed by atoms with Crippen LogP contribution in [0.2, 0.25) is 0 Å². The summed E-state index contributed by atoms with van der Waals surface area (Å²) in [5, 5.41) is 7.75. The van der Waals surface area contributed by atoms with Crippen molar-refractivity contribution < 1.29 is 21.9 Å². The van der Waals surface area contributed by atoms with Crippen LogP contribution in [-0.2, 0) is 9.05 Å². The van der Waals surface area contributed by atoms with Gasteiger partial charge in [-0.1, -0.05) is 0 Å². The lowest BCUT2D eigenvalue weighted by atomic mass is 10.1. The van der Waals surface area contributed by atoms with Crippen LogP contribution >= 0.6 is 10.7 Å². The number of pyridine rings is 1. The molecule has 1 rings (SSSR count). The van der Waals surface area contributed by atoms with Gasteiger partial charge >= 0.3 is 0 Å². The van der Waals surface area contributed by atoms with Crippen molar-refractivity contribution in [3.63, 3.8) is 0 Å². The molecule has 0 aliphatic heterocycles. The summed E-state index contributed by atoms with van der Waals surface area (Å²) in [6.45, 7) is 0. The minimum atomic E-state index is -4.41. The van der Waals surface area contributed by atoms with E-state index in [0.29, 0.717) is 0 Å². The van der Waals surface area contributed by atoms with E-state index in [2.05, 4.69) is 9.72 Å². The van der Waals surface area contributed by atoms with Crippen molar-refractivity contribution in [3.05, 3.63) is 17.2 Å². The molecule has 5 nitrogen and oxygen atoms in total. The van der Waals surface area contributed by atoms with Gasteiger partial charge in [-0.05, 0) is 0 Å². The summed E-state index contributed by atoms with van der Waals surface area (Å²) in [4.78, 5) is 3.38. The van der Waals surface area contributed by atoms with E-state index in [1.807, 2.05) is 0 Å². The normalized spacial score (nSPS) is 11.3. The highest BCUT2D eigenvalue weighted by molar-refractivity contribution is 8.13. The van der Waals surface area contributed by atoms with Crippen LogP contribution in [0, 0.1) is 11.3 Å². The first-order valence-electron chi connectivity index (χ1n) is 4.03. The number of aromatic nitrogens is 1. The molecule has 0 fully saturated rings. The number of halogens is 3. The molecule has 0 aliphatic carbocycles. The van der Waals surface area contributed by atoms with Crippen LogP contribution in [0.5, 0.6) is 5.88 Å².